The molecule has 1 unspecified atom stereocenters. The predicted molar refractivity (Wildman–Crippen MR) is 95.2 cm³/mol. The number of piperidine rings is 2. The van der Waals surface area contributed by atoms with E-state index in [2.05, 4.69) is 17.3 Å². The minimum absolute atomic E-state index is 0.0116. The van der Waals surface area contributed by atoms with E-state index >= 15 is 0 Å². The number of nitrogens with zero attached hydrogens (tertiary/aromatic N) is 2. The molecule has 1 aromatic rings. The van der Waals surface area contributed by atoms with Crippen LogP contribution >= 0.6 is 0 Å². The molecule has 138 valence electrons. The SMILES string of the molecule is CN1CCCC(CNC(=O)N2CCC(Oc3ccccc3F)CC2)C1. The molecule has 2 amide bonds. The fourth-order valence-electron chi connectivity index (χ4n) is 3.68. The molecule has 0 spiro atoms. The number of ether oxygens (including phenoxy) is 1. The van der Waals surface area contributed by atoms with Crippen LogP contribution in [0.3, 0.4) is 0 Å². The van der Waals surface area contributed by atoms with Crippen molar-refractivity contribution in [1.82, 2.24) is 15.1 Å². The Balaban J connectivity index is 1.39. The number of halogens is 1. The van der Waals surface area contributed by atoms with Crippen LogP contribution in [0.4, 0.5) is 9.18 Å². The largest absolute Gasteiger partial charge is 0.487 e. The number of likely N-dealkylation sites (tertiary alicyclic amines) is 2. The summed E-state index contributed by atoms with van der Waals surface area (Å²) in [7, 11) is 2.13. The zero-order valence-corrected chi connectivity index (χ0v) is 14.9. The number of urea groups is 1. The minimum atomic E-state index is -0.333. The third-order valence-corrected chi connectivity index (χ3v) is 5.12. The number of hydrogen-bond donors (Lipinski definition) is 1. The number of carbonyl (C=O) groups excluding carboxylic acids is 1. The summed E-state index contributed by atoms with van der Waals surface area (Å²) in [6.45, 7) is 4.25. The van der Waals surface area contributed by atoms with Crippen molar-refractivity contribution in [2.75, 3.05) is 39.8 Å². The Bertz CT molecular complexity index is 576. The quantitative estimate of drug-likeness (QED) is 0.909. The van der Waals surface area contributed by atoms with Gasteiger partial charge in [-0.1, -0.05) is 12.1 Å². The molecule has 1 N–H and O–H groups in total. The van der Waals surface area contributed by atoms with E-state index < -0.39 is 0 Å². The molecule has 0 aliphatic carbocycles. The molecule has 0 aromatic heterocycles. The summed E-state index contributed by atoms with van der Waals surface area (Å²) < 4.78 is 19.4. The molecule has 0 radical (unpaired) electrons. The van der Waals surface area contributed by atoms with Crippen LogP contribution in [0.1, 0.15) is 25.7 Å². The van der Waals surface area contributed by atoms with E-state index in [4.69, 9.17) is 4.74 Å². The van der Waals surface area contributed by atoms with Gasteiger partial charge in [-0.3, -0.25) is 0 Å². The molecule has 2 aliphatic rings. The molecule has 1 atom stereocenters. The zero-order valence-electron chi connectivity index (χ0n) is 14.9. The number of carbonyl (C=O) groups is 1. The maximum Gasteiger partial charge on any atom is 0.317 e. The van der Waals surface area contributed by atoms with Gasteiger partial charge in [0.05, 0.1) is 0 Å². The molecule has 5 nitrogen and oxygen atoms in total. The van der Waals surface area contributed by atoms with Crippen molar-refractivity contribution >= 4 is 6.03 Å². The smallest absolute Gasteiger partial charge is 0.317 e. The van der Waals surface area contributed by atoms with Crippen molar-refractivity contribution in [3.05, 3.63) is 30.1 Å². The Hall–Kier alpha value is -1.82. The number of amides is 2. The van der Waals surface area contributed by atoms with Crippen LogP contribution in [0.15, 0.2) is 24.3 Å². The van der Waals surface area contributed by atoms with Crippen LogP contribution in [-0.4, -0.2) is 61.7 Å². The normalized spacial score (nSPS) is 22.6. The molecule has 0 saturated carbocycles. The molecule has 2 fully saturated rings. The summed E-state index contributed by atoms with van der Waals surface area (Å²) >= 11 is 0. The minimum Gasteiger partial charge on any atom is -0.487 e. The van der Waals surface area contributed by atoms with Gasteiger partial charge in [-0.2, -0.15) is 0 Å². The second kappa shape index (κ2) is 8.52. The first-order chi connectivity index (χ1) is 12.1. The van der Waals surface area contributed by atoms with E-state index in [-0.39, 0.29) is 18.0 Å². The Morgan fingerprint density at radius 1 is 1.24 bits per heavy atom. The first-order valence-corrected chi connectivity index (χ1v) is 9.24. The number of rotatable bonds is 4. The van der Waals surface area contributed by atoms with Gasteiger partial charge in [0.15, 0.2) is 11.6 Å². The van der Waals surface area contributed by atoms with Crippen LogP contribution in [-0.2, 0) is 0 Å². The summed E-state index contributed by atoms with van der Waals surface area (Å²) in [6, 6.07) is 6.48. The third-order valence-electron chi connectivity index (χ3n) is 5.12. The van der Waals surface area contributed by atoms with Crippen LogP contribution in [0.2, 0.25) is 0 Å². The summed E-state index contributed by atoms with van der Waals surface area (Å²) in [5, 5.41) is 3.08. The first kappa shape index (κ1) is 18.0. The summed E-state index contributed by atoms with van der Waals surface area (Å²) in [5.41, 5.74) is 0. The van der Waals surface area contributed by atoms with E-state index in [9.17, 15) is 9.18 Å². The average molecular weight is 349 g/mol. The number of nitrogens with one attached hydrogen (secondary N) is 1. The van der Waals surface area contributed by atoms with Crippen molar-refractivity contribution in [1.29, 1.82) is 0 Å². The van der Waals surface area contributed by atoms with Gasteiger partial charge in [-0.05, 0) is 44.5 Å². The zero-order chi connectivity index (χ0) is 17.6. The van der Waals surface area contributed by atoms with Gasteiger partial charge in [-0.15, -0.1) is 0 Å². The van der Waals surface area contributed by atoms with E-state index in [1.807, 2.05) is 4.90 Å². The summed E-state index contributed by atoms with van der Waals surface area (Å²) in [4.78, 5) is 16.5. The van der Waals surface area contributed by atoms with E-state index in [0.29, 0.717) is 24.8 Å². The molecule has 3 rings (SSSR count). The Morgan fingerprint density at radius 3 is 2.72 bits per heavy atom. The van der Waals surface area contributed by atoms with Crippen LogP contribution in [0.5, 0.6) is 5.75 Å². The van der Waals surface area contributed by atoms with Gasteiger partial charge in [-0.25, -0.2) is 9.18 Å². The van der Waals surface area contributed by atoms with E-state index in [1.165, 1.54) is 18.9 Å². The lowest BCUT2D eigenvalue weighted by Gasteiger charge is -2.33. The number of para-hydroxylation sites is 1. The molecule has 0 bridgehead atoms. The topological polar surface area (TPSA) is 44.8 Å². The van der Waals surface area contributed by atoms with Crippen LogP contribution in [0.25, 0.3) is 0 Å². The highest BCUT2D eigenvalue weighted by Gasteiger charge is 2.25. The number of hydrogen-bond acceptors (Lipinski definition) is 3. The van der Waals surface area contributed by atoms with Crippen molar-refractivity contribution in [2.45, 2.75) is 31.8 Å². The average Bonchev–Trinajstić information content (AvgIpc) is 2.62. The Kier molecular flexibility index (Phi) is 6.13. The van der Waals surface area contributed by atoms with Gasteiger partial charge >= 0.3 is 6.03 Å². The van der Waals surface area contributed by atoms with Gasteiger partial charge in [0.2, 0.25) is 0 Å². The second-order valence-corrected chi connectivity index (χ2v) is 7.19. The van der Waals surface area contributed by atoms with Gasteiger partial charge in [0, 0.05) is 39.0 Å². The van der Waals surface area contributed by atoms with Gasteiger partial charge in [0.1, 0.15) is 6.10 Å². The van der Waals surface area contributed by atoms with Gasteiger partial charge < -0.3 is 19.9 Å². The highest BCUT2D eigenvalue weighted by molar-refractivity contribution is 5.74. The number of benzene rings is 1. The Labute approximate surface area is 149 Å². The van der Waals surface area contributed by atoms with E-state index in [1.54, 1.807) is 18.2 Å². The monoisotopic (exact) mass is 349 g/mol. The lowest BCUT2D eigenvalue weighted by Crippen LogP contribution is -2.48. The maximum absolute atomic E-state index is 13.7. The van der Waals surface area contributed by atoms with Gasteiger partial charge in [0.25, 0.3) is 0 Å². The predicted octanol–water partition coefficient (Wildman–Crippen LogP) is 2.72. The van der Waals surface area contributed by atoms with Crippen molar-refractivity contribution in [3.63, 3.8) is 0 Å². The molecule has 1 aromatic carbocycles. The molecule has 25 heavy (non-hydrogen) atoms. The summed E-state index contributed by atoms with van der Waals surface area (Å²) in [5.74, 6) is 0.511. The summed E-state index contributed by atoms with van der Waals surface area (Å²) in [6.07, 6.45) is 3.81. The molecular weight excluding hydrogens is 321 g/mol. The lowest BCUT2D eigenvalue weighted by atomic mass is 9.98. The fourth-order valence-corrected chi connectivity index (χ4v) is 3.68. The fraction of sp³-hybridized carbons (Fsp3) is 0.632. The Morgan fingerprint density at radius 2 is 2.00 bits per heavy atom. The maximum atomic E-state index is 13.7. The molecule has 2 aliphatic heterocycles. The second-order valence-electron chi connectivity index (χ2n) is 7.19. The van der Waals surface area contributed by atoms with Crippen molar-refractivity contribution < 1.29 is 13.9 Å². The third kappa shape index (κ3) is 5.08. The van der Waals surface area contributed by atoms with Crippen molar-refractivity contribution in [2.24, 2.45) is 5.92 Å². The van der Waals surface area contributed by atoms with E-state index in [0.717, 1.165) is 32.5 Å². The van der Waals surface area contributed by atoms with Crippen LogP contribution < -0.4 is 10.1 Å². The first-order valence-electron chi connectivity index (χ1n) is 9.24. The highest BCUT2D eigenvalue weighted by atomic mass is 19.1. The highest BCUT2D eigenvalue weighted by Crippen LogP contribution is 2.22. The molecule has 6 heteroatoms. The molecule has 2 saturated heterocycles. The van der Waals surface area contributed by atoms with Crippen molar-refractivity contribution in [3.8, 4) is 5.75 Å². The van der Waals surface area contributed by atoms with Crippen LogP contribution in [0, 0.1) is 11.7 Å². The lowest BCUT2D eigenvalue weighted by molar-refractivity contribution is 0.106. The molecular formula is C19H28FN3O2. The molecule has 2 heterocycles. The standard InChI is InChI=1S/C19H28FN3O2/c1-22-10-4-5-15(14-22)13-21-19(24)23-11-8-16(9-12-23)25-18-7-3-2-6-17(18)20/h2-3,6-7,15-16H,4-5,8-14H2,1H3,(H,21,24).